The summed E-state index contributed by atoms with van der Waals surface area (Å²) in [6.45, 7) is 2.06. The van der Waals surface area contributed by atoms with Gasteiger partial charge in [0.25, 0.3) is 0 Å². The highest BCUT2D eigenvalue weighted by molar-refractivity contribution is 9.10. The zero-order valence-corrected chi connectivity index (χ0v) is 10.0. The molecule has 0 spiro atoms. The average Bonchev–Trinajstić information content (AvgIpc) is 2.09. The van der Waals surface area contributed by atoms with Gasteiger partial charge < -0.3 is 5.73 Å². The van der Waals surface area contributed by atoms with Crippen molar-refractivity contribution < 1.29 is 8.42 Å². The van der Waals surface area contributed by atoms with Crippen LogP contribution in [0.1, 0.15) is 6.92 Å². The summed E-state index contributed by atoms with van der Waals surface area (Å²) in [5.74, 6) is 0. The molecule has 14 heavy (non-hydrogen) atoms. The molecule has 0 aliphatic rings. The first-order chi connectivity index (χ1) is 6.47. The van der Waals surface area contributed by atoms with Gasteiger partial charge in [0.2, 0.25) is 10.0 Å². The summed E-state index contributed by atoms with van der Waals surface area (Å²) in [6.07, 6.45) is 0. The van der Waals surface area contributed by atoms with Gasteiger partial charge in [0.15, 0.2) is 0 Å². The fourth-order valence-electron chi connectivity index (χ4n) is 1.01. The van der Waals surface area contributed by atoms with E-state index in [1.54, 1.807) is 19.1 Å². The Balaban J connectivity index is 3.25. The monoisotopic (exact) mass is 278 g/mol. The van der Waals surface area contributed by atoms with Gasteiger partial charge >= 0.3 is 0 Å². The van der Waals surface area contributed by atoms with E-state index in [1.807, 2.05) is 0 Å². The summed E-state index contributed by atoms with van der Waals surface area (Å²) in [4.78, 5) is 0.105. The van der Waals surface area contributed by atoms with Crippen LogP contribution < -0.4 is 10.5 Å². The second-order valence-electron chi connectivity index (χ2n) is 2.68. The number of sulfonamides is 1. The van der Waals surface area contributed by atoms with E-state index < -0.39 is 10.0 Å². The SMILES string of the molecule is CCNS(=O)(=O)c1cc(Br)ccc1N. The van der Waals surface area contributed by atoms with Gasteiger partial charge in [-0.15, -0.1) is 0 Å². The summed E-state index contributed by atoms with van der Waals surface area (Å²) >= 11 is 3.19. The van der Waals surface area contributed by atoms with Crippen molar-refractivity contribution in [3.63, 3.8) is 0 Å². The van der Waals surface area contributed by atoms with Crippen molar-refractivity contribution in [1.29, 1.82) is 0 Å². The van der Waals surface area contributed by atoms with Crippen LogP contribution in [0.4, 0.5) is 5.69 Å². The fourth-order valence-corrected chi connectivity index (χ4v) is 2.72. The molecule has 0 atom stereocenters. The Morgan fingerprint density at radius 1 is 1.50 bits per heavy atom. The van der Waals surface area contributed by atoms with E-state index >= 15 is 0 Å². The van der Waals surface area contributed by atoms with E-state index in [9.17, 15) is 8.42 Å². The van der Waals surface area contributed by atoms with E-state index in [2.05, 4.69) is 20.7 Å². The van der Waals surface area contributed by atoms with E-state index in [1.165, 1.54) is 6.07 Å². The first-order valence-electron chi connectivity index (χ1n) is 4.02. The van der Waals surface area contributed by atoms with Crippen LogP contribution in [0.2, 0.25) is 0 Å². The molecule has 0 unspecified atom stereocenters. The molecule has 1 aromatic rings. The second-order valence-corrected chi connectivity index (χ2v) is 5.33. The quantitative estimate of drug-likeness (QED) is 0.820. The van der Waals surface area contributed by atoms with Crippen molar-refractivity contribution in [2.75, 3.05) is 12.3 Å². The maximum Gasteiger partial charge on any atom is 0.242 e. The maximum atomic E-state index is 11.6. The third-order valence-electron chi connectivity index (χ3n) is 1.60. The zero-order valence-electron chi connectivity index (χ0n) is 7.62. The lowest BCUT2D eigenvalue weighted by Gasteiger charge is -2.07. The Kier molecular flexibility index (Phi) is 3.52. The van der Waals surface area contributed by atoms with E-state index in [-0.39, 0.29) is 10.6 Å². The smallest absolute Gasteiger partial charge is 0.242 e. The van der Waals surface area contributed by atoms with Gasteiger partial charge in [-0.3, -0.25) is 0 Å². The molecular formula is C8H11BrN2O2S. The van der Waals surface area contributed by atoms with E-state index in [4.69, 9.17) is 5.73 Å². The number of nitrogen functional groups attached to an aromatic ring is 1. The highest BCUT2D eigenvalue weighted by Crippen LogP contribution is 2.22. The molecule has 6 heteroatoms. The molecule has 0 heterocycles. The predicted octanol–water partition coefficient (Wildman–Crippen LogP) is 1.33. The highest BCUT2D eigenvalue weighted by Gasteiger charge is 2.16. The summed E-state index contributed by atoms with van der Waals surface area (Å²) < 4.78 is 26.2. The van der Waals surface area contributed by atoms with Crippen molar-refractivity contribution in [2.24, 2.45) is 0 Å². The molecular weight excluding hydrogens is 268 g/mol. The van der Waals surface area contributed by atoms with E-state index in [0.717, 1.165) is 0 Å². The molecule has 0 aliphatic heterocycles. The first kappa shape index (κ1) is 11.5. The van der Waals surface area contributed by atoms with Gasteiger partial charge in [0.05, 0.1) is 5.69 Å². The lowest BCUT2D eigenvalue weighted by atomic mass is 10.3. The second kappa shape index (κ2) is 4.29. The van der Waals surface area contributed by atoms with Gasteiger partial charge in [0, 0.05) is 11.0 Å². The Morgan fingerprint density at radius 3 is 2.71 bits per heavy atom. The third-order valence-corrected chi connectivity index (χ3v) is 3.69. The summed E-state index contributed by atoms with van der Waals surface area (Å²) in [6, 6.07) is 4.72. The number of halogens is 1. The zero-order chi connectivity index (χ0) is 10.8. The Hall–Kier alpha value is -0.590. The predicted molar refractivity (Wildman–Crippen MR) is 59.4 cm³/mol. The van der Waals surface area contributed by atoms with Crippen molar-refractivity contribution in [1.82, 2.24) is 4.72 Å². The topological polar surface area (TPSA) is 72.2 Å². The minimum absolute atomic E-state index is 0.105. The van der Waals surface area contributed by atoms with Crippen LogP contribution in [0.3, 0.4) is 0 Å². The van der Waals surface area contributed by atoms with Crippen molar-refractivity contribution in [3.8, 4) is 0 Å². The van der Waals surface area contributed by atoms with Crippen LogP contribution in [0.5, 0.6) is 0 Å². The Morgan fingerprint density at radius 2 is 2.14 bits per heavy atom. The van der Waals surface area contributed by atoms with Crippen molar-refractivity contribution in [2.45, 2.75) is 11.8 Å². The molecule has 4 nitrogen and oxygen atoms in total. The molecule has 0 amide bonds. The Bertz CT molecular complexity index is 431. The molecule has 1 rings (SSSR count). The van der Waals surface area contributed by atoms with Crippen LogP contribution in [0.25, 0.3) is 0 Å². The summed E-state index contributed by atoms with van der Waals surface area (Å²) in [5.41, 5.74) is 5.81. The van der Waals surface area contributed by atoms with Crippen molar-refractivity contribution in [3.05, 3.63) is 22.7 Å². The fraction of sp³-hybridized carbons (Fsp3) is 0.250. The van der Waals surface area contributed by atoms with Crippen LogP contribution in [-0.2, 0) is 10.0 Å². The maximum absolute atomic E-state index is 11.6. The highest BCUT2D eigenvalue weighted by atomic mass is 79.9. The molecule has 0 bridgehead atoms. The molecule has 0 aromatic heterocycles. The number of hydrogen-bond acceptors (Lipinski definition) is 3. The van der Waals surface area contributed by atoms with Gasteiger partial charge in [0.1, 0.15) is 4.90 Å². The standard InChI is InChI=1S/C8H11BrN2O2S/c1-2-11-14(12,13)8-5-6(9)3-4-7(8)10/h3-5,11H,2,10H2,1H3. The first-order valence-corrected chi connectivity index (χ1v) is 6.29. The van der Waals surface area contributed by atoms with Crippen LogP contribution in [0, 0.1) is 0 Å². The number of nitrogens with one attached hydrogen (secondary N) is 1. The molecule has 0 saturated carbocycles. The van der Waals surface area contributed by atoms with Crippen LogP contribution >= 0.6 is 15.9 Å². The van der Waals surface area contributed by atoms with Gasteiger partial charge in [-0.1, -0.05) is 22.9 Å². The summed E-state index contributed by atoms with van der Waals surface area (Å²) in [5, 5.41) is 0. The van der Waals surface area contributed by atoms with Crippen LogP contribution in [-0.4, -0.2) is 15.0 Å². The number of rotatable bonds is 3. The normalized spacial score (nSPS) is 11.6. The molecule has 0 radical (unpaired) electrons. The number of hydrogen-bond donors (Lipinski definition) is 2. The molecule has 0 saturated heterocycles. The molecule has 0 fully saturated rings. The van der Waals surface area contributed by atoms with Gasteiger partial charge in [-0.05, 0) is 18.2 Å². The lowest BCUT2D eigenvalue weighted by Crippen LogP contribution is -2.24. The Labute approximate surface area is 91.7 Å². The van der Waals surface area contributed by atoms with Crippen molar-refractivity contribution >= 4 is 31.6 Å². The van der Waals surface area contributed by atoms with E-state index in [0.29, 0.717) is 11.0 Å². The minimum Gasteiger partial charge on any atom is -0.398 e. The summed E-state index contributed by atoms with van der Waals surface area (Å²) in [7, 11) is -3.47. The molecule has 78 valence electrons. The molecule has 1 aromatic carbocycles. The number of anilines is 1. The lowest BCUT2D eigenvalue weighted by molar-refractivity contribution is 0.584. The molecule has 0 aliphatic carbocycles. The van der Waals surface area contributed by atoms with Gasteiger partial charge in [-0.2, -0.15) is 0 Å². The number of nitrogens with two attached hydrogens (primary N) is 1. The average molecular weight is 279 g/mol. The van der Waals surface area contributed by atoms with Crippen LogP contribution in [0.15, 0.2) is 27.6 Å². The van der Waals surface area contributed by atoms with Gasteiger partial charge in [-0.25, -0.2) is 13.1 Å². The molecule has 3 N–H and O–H groups in total. The minimum atomic E-state index is -3.47. The third kappa shape index (κ3) is 2.46. The number of benzene rings is 1. The largest absolute Gasteiger partial charge is 0.398 e.